The van der Waals surface area contributed by atoms with Gasteiger partial charge < -0.3 is 0 Å². The van der Waals surface area contributed by atoms with Crippen molar-refractivity contribution in [2.24, 2.45) is 0 Å². The molecule has 110 heavy (non-hydrogen) atoms. The summed E-state index contributed by atoms with van der Waals surface area (Å²) in [7, 11) is 0. The van der Waals surface area contributed by atoms with Gasteiger partial charge in [0.05, 0.1) is 58.2 Å². The topological polar surface area (TPSA) is 119 Å². The number of hydrogen-bond acceptors (Lipinski definition) is 5. The highest BCUT2D eigenvalue weighted by Crippen LogP contribution is 2.46. The molecule has 1 aliphatic rings. The maximum atomic E-state index is 12.0. The maximum absolute atomic E-state index is 12.0. The van der Waals surface area contributed by atoms with Crippen LogP contribution in [-0.4, -0.2) is 0 Å². The summed E-state index contributed by atoms with van der Waals surface area (Å²) in [5.41, 5.74) is 30.7. The summed E-state index contributed by atoms with van der Waals surface area (Å²) in [5.74, 6) is 1.43. The summed E-state index contributed by atoms with van der Waals surface area (Å²) >= 11 is 0. The minimum absolute atomic E-state index is 0.143. The molecule has 0 fully saturated rings. The summed E-state index contributed by atoms with van der Waals surface area (Å²) in [6.07, 6.45) is 9.81. The van der Waals surface area contributed by atoms with Crippen LogP contribution in [0.3, 0.4) is 0 Å². The molecule has 10 aromatic carbocycles. The van der Waals surface area contributed by atoms with Crippen molar-refractivity contribution in [2.45, 2.75) is 198 Å². The van der Waals surface area contributed by atoms with Gasteiger partial charge in [0.2, 0.25) is 0 Å². The molecular formula is C105H105N5. The van der Waals surface area contributed by atoms with E-state index in [9.17, 15) is 26.3 Å². The lowest BCUT2D eigenvalue weighted by atomic mass is 9.82. The van der Waals surface area contributed by atoms with Crippen LogP contribution in [0.1, 0.15) is 309 Å². The standard InChI is InChI=1S/C105H105N5/c1-61(2)91-26-21-27-92(62(3)4)101(91)81-41-71-36-76(51-81)86(56-106)47-72-37-78(53-82(42-72)102-93(63(5)6)28-22-29-94(102)64(7)8)88(58-108)49-74-39-80(55-84(44-74)104-97(67(13)14)32-24-33-98(104)68(15)16)90(60-110)50-75-40-79(54-85(45-75)105-99(69(17)18)34-25-35-100(105)70(19)20)89(59-109)48-73-38-77(87(46-71)57-107)52-83(43-73)103-95(65(9)10)30-23-31-96(103)66(11)12/h21-55,61-70H,1-20H3/b86-47+,87-46+,88-49+,89-48+,90-50+. The van der Waals surface area contributed by atoms with Gasteiger partial charge in [0.15, 0.2) is 0 Å². The second kappa shape index (κ2) is 33.9. The number of allylic oxidation sites excluding steroid dienone is 5. The van der Waals surface area contributed by atoms with Crippen LogP contribution in [0.2, 0.25) is 0 Å². The number of rotatable bonds is 15. The molecule has 0 unspecified atom stereocenters. The lowest BCUT2D eigenvalue weighted by Crippen LogP contribution is -2.01. The minimum atomic E-state index is 0.143. The lowest BCUT2D eigenvalue weighted by Gasteiger charge is -2.22. The Bertz CT molecular complexity index is 4680. The molecule has 0 saturated carbocycles. The second-order valence-electron chi connectivity index (χ2n) is 33.2. The molecule has 0 aromatic heterocycles. The number of nitrogens with zero attached hydrogens (tertiary/aromatic N) is 5. The average Bonchev–Trinajstić information content (AvgIpc) is 0.796. The van der Waals surface area contributed by atoms with Crippen molar-refractivity contribution in [2.75, 3.05) is 0 Å². The van der Waals surface area contributed by atoms with Crippen LogP contribution < -0.4 is 0 Å². The monoisotopic (exact) mass is 1440 g/mol. The summed E-state index contributed by atoms with van der Waals surface area (Å²) in [5, 5.41) is 59.8. The first-order valence-electron chi connectivity index (χ1n) is 39.6. The summed E-state index contributed by atoms with van der Waals surface area (Å²) < 4.78 is 0. The first kappa shape index (κ1) is 79.4. The highest BCUT2D eigenvalue weighted by atomic mass is 14.3. The molecule has 0 radical (unpaired) electrons. The van der Waals surface area contributed by atoms with Crippen LogP contribution in [0, 0.1) is 56.7 Å². The van der Waals surface area contributed by atoms with E-state index in [1.807, 2.05) is 60.7 Å². The van der Waals surface area contributed by atoms with Crippen LogP contribution in [0.5, 0.6) is 0 Å². The van der Waals surface area contributed by atoms with Gasteiger partial charge in [-0.3, -0.25) is 0 Å². The second-order valence-corrected chi connectivity index (χ2v) is 33.2. The van der Waals surface area contributed by atoms with Crippen molar-refractivity contribution in [1.82, 2.24) is 0 Å². The third-order valence-electron chi connectivity index (χ3n) is 21.8. The van der Waals surface area contributed by atoms with Gasteiger partial charge in [0.1, 0.15) is 0 Å². The molecule has 0 spiro atoms. The van der Waals surface area contributed by atoms with Crippen molar-refractivity contribution < 1.29 is 0 Å². The van der Waals surface area contributed by atoms with Gasteiger partial charge in [-0.1, -0.05) is 229 Å². The molecule has 0 atom stereocenters. The smallest absolute Gasteiger partial charge is 0.0998 e. The van der Waals surface area contributed by atoms with Crippen LogP contribution >= 0.6 is 0 Å². The SMILES string of the molecule is CC(C)c1cccc(C(C)C)c1-c1cc2cc(c1)/C(C#N)=C/c1cc(cc(-c3c(C(C)C)cccc3C(C)C)c1)/C(C#N)=C/c1cc(cc(-c3c(C(C)C)cccc3C(C)C)c1)/C(C#N)=C/c1cc(cc(-c3c(C(C)C)cccc3C(C)C)c1)/C(C#N)=C/c1cc(cc(-c3c(C(C)C)cccc3C(C)C)c1)/C(C#N)=C/2. The predicted molar refractivity (Wildman–Crippen MR) is 468 cm³/mol. The Morgan fingerprint density at radius 1 is 0.173 bits per heavy atom. The van der Waals surface area contributed by atoms with Crippen molar-refractivity contribution in [3.05, 3.63) is 293 Å². The van der Waals surface area contributed by atoms with Gasteiger partial charge in [-0.2, -0.15) is 26.3 Å². The summed E-state index contributed by atoms with van der Waals surface area (Å²) in [6, 6.07) is 78.0. The maximum Gasteiger partial charge on any atom is 0.0998 e. The highest BCUT2D eigenvalue weighted by Gasteiger charge is 2.26. The Morgan fingerprint density at radius 3 is 0.400 bits per heavy atom. The number of benzene rings is 10. The van der Waals surface area contributed by atoms with Gasteiger partial charge >= 0.3 is 0 Å². The zero-order valence-corrected chi connectivity index (χ0v) is 68.2. The number of nitriles is 5. The molecule has 550 valence electrons. The zero-order valence-electron chi connectivity index (χ0n) is 68.2. The molecular weight excluding hydrogens is 1330 g/mol. The van der Waals surface area contributed by atoms with Gasteiger partial charge in [-0.25, -0.2) is 0 Å². The lowest BCUT2D eigenvalue weighted by molar-refractivity contribution is 0.838. The zero-order chi connectivity index (χ0) is 79.3. The highest BCUT2D eigenvalue weighted by molar-refractivity contribution is 6.01. The fourth-order valence-corrected chi connectivity index (χ4v) is 16.3. The third kappa shape index (κ3) is 16.8. The van der Waals surface area contributed by atoms with Gasteiger partial charge in [0.25, 0.3) is 0 Å². The first-order valence-corrected chi connectivity index (χ1v) is 39.6. The van der Waals surface area contributed by atoms with E-state index in [1.54, 1.807) is 0 Å². The van der Waals surface area contributed by atoms with Crippen LogP contribution in [0.4, 0.5) is 0 Å². The van der Waals surface area contributed by atoms with E-state index in [4.69, 9.17) is 0 Å². The molecule has 1 aliphatic carbocycles. The fraction of sp³-hybridized carbons (Fsp3) is 0.286. The van der Waals surface area contributed by atoms with Crippen molar-refractivity contribution in [1.29, 1.82) is 26.3 Å². The van der Waals surface area contributed by atoms with Crippen molar-refractivity contribution in [3.8, 4) is 86.0 Å². The van der Waals surface area contributed by atoms with Crippen molar-refractivity contribution in [3.63, 3.8) is 0 Å². The minimum Gasteiger partial charge on any atom is -0.192 e. The third-order valence-corrected chi connectivity index (χ3v) is 21.8. The Kier molecular flexibility index (Phi) is 24.4. The number of fused-ring (bicyclic) bond motifs is 10. The van der Waals surface area contributed by atoms with E-state index >= 15 is 0 Å². The summed E-state index contributed by atoms with van der Waals surface area (Å²) in [6.45, 7) is 44.4. The molecule has 5 nitrogen and oxygen atoms in total. The van der Waals surface area contributed by atoms with E-state index in [2.05, 4.69) is 320 Å². The van der Waals surface area contributed by atoms with Crippen LogP contribution in [0.25, 0.3) is 114 Å². The molecule has 10 aromatic rings. The normalized spacial score (nSPS) is 15.0. The van der Waals surface area contributed by atoms with Crippen LogP contribution in [0.15, 0.2) is 182 Å². The average molecular weight is 1440 g/mol. The molecule has 0 amide bonds. The van der Waals surface area contributed by atoms with E-state index in [1.165, 1.54) is 55.6 Å². The Hall–Kier alpha value is -11.7. The Labute approximate surface area is 657 Å². The first-order chi connectivity index (χ1) is 52.5. The van der Waals surface area contributed by atoms with Crippen LogP contribution in [-0.2, 0) is 0 Å². The van der Waals surface area contributed by atoms with E-state index in [-0.39, 0.29) is 59.2 Å². The molecule has 0 N–H and O–H groups in total. The molecule has 0 saturated heterocycles. The summed E-state index contributed by atoms with van der Waals surface area (Å²) in [4.78, 5) is 0. The van der Waals surface area contributed by atoms with E-state index in [0.717, 1.165) is 83.5 Å². The van der Waals surface area contributed by atoms with Gasteiger partial charge in [-0.05, 0) is 347 Å². The van der Waals surface area contributed by atoms with E-state index in [0.29, 0.717) is 55.7 Å². The quantitative estimate of drug-likeness (QED) is 0.101. The molecule has 0 heterocycles. The molecule has 5 heteroatoms. The molecule has 11 rings (SSSR count). The fourth-order valence-electron chi connectivity index (χ4n) is 16.3. The van der Waals surface area contributed by atoms with Crippen molar-refractivity contribution >= 4 is 58.2 Å². The molecule has 10 bridgehead atoms. The predicted octanol–water partition coefficient (Wildman–Crippen LogP) is 29.9. The molecule has 0 aliphatic heterocycles. The number of hydrogen-bond donors (Lipinski definition) is 0. The van der Waals surface area contributed by atoms with Gasteiger partial charge in [0, 0.05) is 0 Å². The largest absolute Gasteiger partial charge is 0.192 e. The Morgan fingerprint density at radius 2 is 0.291 bits per heavy atom. The van der Waals surface area contributed by atoms with Gasteiger partial charge in [-0.15, -0.1) is 0 Å². The van der Waals surface area contributed by atoms with E-state index < -0.39 is 0 Å². The Balaban J connectivity index is 1.36.